The number of hydrogen-bond donors (Lipinski definition) is 1. The summed E-state index contributed by atoms with van der Waals surface area (Å²) < 4.78 is 5.78. The zero-order valence-electron chi connectivity index (χ0n) is 12.5. The van der Waals surface area contributed by atoms with Crippen molar-refractivity contribution in [1.29, 1.82) is 0 Å². The molecule has 1 saturated heterocycles. The lowest BCUT2D eigenvalue weighted by atomic mass is 9.85. The third kappa shape index (κ3) is 4.97. The van der Waals surface area contributed by atoms with Gasteiger partial charge in [-0.3, -0.25) is 0 Å². The topological polar surface area (TPSA) is 21.3 Å². The van der Waals surface area contributed by atoms with Gasteiger partial charge in [-0.25, -0.2) is 0 Å². The first-order valence-electron chi connectivity index (χ1n) is 7.29. The fourth-order valence-corrected chi connectivity index (χ4v) is 3.12. The highest BCUT2D eigenvalue weighted by atomic mass is 16.5. The van der Waals surface area contributed by atoms with Crippen LogP contribution in [0.15, 0.2) is 0 Å². The molecule has 0 bridgehead atoms. The standard InChI is InChI=1S/C15H31NO/c1-10(2)15(11(3)4)9-16-14-7-12(5)17-13(6)8-14/h10-16H,7-9H2,1-6H3. The van der Waals surface area contributed by atoms with E-state index in [1.165, 1.54) is 0 Å². The minimum absolute atomic E-state index is 0.410. The van der Waals surface area contributed by atoms with Crippen LogP contribution in [-0.4, -0.2) is 24.8 Å². The summed E-state index contributed by atoms with van der Waals surface area (Å²) in [5.74, 6) is 2.30. The van der Waals surface area contributed by atoms with Crippen molar-refractivity contribution < 1.29 is 4.74 Å². The van der Waals surface area contributed by atoms with Crippen LogP contribution in [0.25, 0.3) is 0 Å². The van der Waals surface area contributed by atoms with Crippen LogP contribution in [-0.2, 0) is 4.74 Å². The van der Waals surface area contributed by atoms with Gasteiger partial charge in [-0.15, -0.1) is 0 Å². The molecule has 0 amide bonds. The van der Waals surface area contributed by atoms with Crippen LogP contribution in [0.2, 0.25) is 0 Å². The molecule has 2 heteroatoms. The smallest absolute Gasteiger partial charge is 0.0565 e. The second kappa shape index (κ2) is 6.75. The Bertz CT molecular complexity index is 197. The molecule has 0 saturated carbocycles. The Balaban J connectivity index is 2.38. The second-order valence-corrected chi connectivity index (χ2v) is 6.49. The summed E-state index contributed by atoms with van der Waals surface area (Å²) in [6.45, 7) is 14.9. The summed E-state index contributed by atoms with van der Waals surface area (Å²) in [7, 11) is 0. The molecule has 1 aliphatic heterocycles. The van der Waals surface area contributed by atoms with E-state index in [9.17, 15) is 0 Å². The monoisotopic (exact) mass is 241 g/mol. The maximum absolute atomic E-state index is 5.78. The first-order valence-corrected chi connectivity index (χ1v) is 7.29. The normalized spacial score (nSPS) is 30.5. The number of nitrogens with one attached hydrogen (secondary N) is 1. The van der Waals surface area contributed by atoms with Gasteiger partial charge in [-0.05, 0) is 51.0 Å². The molecular weight excluding hydrogens is 210 g/mol. The molecule has 2 nitrogen and oxygen atoms in total. The van der Waals surface area contributed by atoms with Gasteiger partial charge in [0.15, 0.2) is 0 Å². The van der Waals surface area contributed by atoms with E-state index in [2.05, 4.69) is 46.9 Å². The van der Waals surface area contributed by atoms with Gasteiger partial charge in [-0.1, -0.05) is 27.7 Å². The summed E-state index contributed by atoms with van der Waals surface area (Å²) in [6.07, 6.45) is 3.14. The molecule has 1 rings (SSSR count). The zero-order valence-corrected chi connectivity index (χ0v) is 12.5. The lowest BCUT2D eigenvalue weighted by Crippen LogP contribution is -2.44. The predicted octanol–water partition coefficient (Wildman–Crippen LogP) is 3.46. The highest BCUT2D eigenvalue weighted by molar-refractivity contribution is 4.80. The minimum Gasteiger partial charge on any atom is -0.375 e. The third-order valence-electron chi connectivity index (χ3n) is 4.05. The molecule has 0 aliphatic carbocycles. The van der Waals surface area contributed by atoms with Crippen molar-refractivity contribution in [2.75, 3.05) is 6.54 Å². The third-order valence-corrected chi connectivity index (χ3v) is 4.05. The molecule has 2 unspecified atom stereocenters. The maximum Gasteiger partial charge on any atom is 0.0565 e. The summed E-state index contributed by atoms with van der Waals surface area (Å²) in [4.78, 5) is 0. The highest BCUT2D eigenvalue weighted by Gasteiger charge is 2.25. The second-order valence-electron chi connectivity index (χ2n) is 6.49. The van der Waals surface area contributed by atoms with E-state index in [0.717, 1.165) is 37.1 Å². The molecule has 0 radical (unpaired) electrons. The lowest BCUT2D eigenvalue weighted by Gasteiger charge is -2.35. The molecule has 0 aromatic heterocycles. The van der Waals surface area contributed by atoms with Crippen LogP contribution in [0.5, 0.6) is 0 Å². The van der Waals surface area contributed by atoms with Crippen molar-refractivity contribution >= 4 is 0 Å². The van der Waals surface area contributed by atoms with Crippen LogP contribution in [0, 0.1) is 17.8 Å². The van der Waals surface area contributed by atoms with E-state index in [4.69, 9.17) is 4.74 Å². The average molecular weight is 241 g/mol. The average Bonchev–Trinajstić information content (AvgIpc) is 2.14. The van der Waals surface area contributed by atoms with Gasteiger partial charge in [0, 0.05) is 6.04 Å². The van der Waals surface area contributed by atoms with Crippen LogP contribution in [0.4, 0.5) is 0 Å². The van der Waals surface area contributed by atoms with Crippen molar-refractivity contribution in [2.24, 2.45) is 17.8 Å². The first-order chi connectivity index (χ1) is 7.90. The van der Waals surface area contributed by atoms with Crippen LogP contribution < -0.4 is 5.32 Å². The SMILES string of the molecule is CC1CC(NCC(C(C)C)C(C)C)CC(C)O1. The summed E-state index contributed by atoms with van der Waals surface area (Å²) >= 11 is 0. The van der Waals surface area contributed by atoms with Crippen molar-refractivity contribution in [2.45, 2.75) is 72.6 Å². The number of rotatable bonds is 5. The van der Waals surface area contributed by atoms with Gasteiger partial charge in [0.2, 0.25) is 0 Å². The van der Waals surface area contributed by atoms with E-state index in [1.54, 1.807) is 0 Å². The van der Waals surface area contributed by atoms with E-state index < -0.39 is 0 Å². The van der Waals surface area contributed by atoms with E-state index in [0.29, 0.717) is 18.2 Å². The van der Waals surface area contributed by atoms with Crippen molar-refractivity contribution in [3.05, 3.63) is 0 Å². The van der Waals surface area contributed by atoms with E-state index >= 15 is 0 Å². The quantitative estimate of drug-likeness (QED) is 0.796. The van der Waals surface area contributed by atoms with Crippen molar-refractivity contribution in [3.8, 4) is 0 Å². The Labute approximate surface area is 108 Å². The highest BCUT2D eigenvalue weighted by Crippen LogP contribution is 2.22. The van der Waals surface area contributed by atoms with Gasteiger partial charge in [0.25, 0.3) is 0 Å². The molecule has 0 aromatic rings. The Morgan fingerprint density at radius 1 is 1.00 bits per heavy atom. The molecule has 0 spiro atoms. The van der Waals surface area contributed by atoms with Gasteiger partial charge in [-0.2, -0.15) is 0 Å². The van der Waals surface area contributed by atoms with Crippen molar-refractivity contribution in [1.82, 2.24) is 5.32 Å². The Hall–Kier alpha value is -0.0800. The van der Waals surface area contributed by atoms with Crippen molar-refractivity contribution in [3.63, 3.8) is 0 Å². The van der Waals surface area contributed by atoms with Crippen LogP contribution in [0.1, 0.15) is 54.4 Å². The molecule has 2 atom stereocenters. The Morgan fingerprint density at radius 3 is 1.88 bits per heavy atom. The van der Waals surface area contributed by atoms with Gasteiger partial charge >= 0.3 is 0 Å². The fourth-order valence-electron chi connectivity index (χ4n) is 3.12. The summed E-state index contributed by atoms with van der Waals surface area (Å²) in [5, 5.41) is 3.77. The molecule has 1 N–H and O–H groups in total. The minimum atomic E-state index is 0.410. The number of ether oxygens (including phenoxy) is 1. The van der Waals surface area contributed by atoms with Crippen LogP contribution >= 0.6 is 0 Å². The largest absolute Gasteiger partial charge is 0.375 e. The molecule has 1 aliphatic rings. The molecule has 1 heterocycles. The van der Waals surface area contributed by atoms with Gasteiger partial charge < -0.3 is 10.1 Å². The van der Waals surface area contributed by atoms with Gasteiger partial charge in [0.05, 0.1) is 12.2 Å². The fraction of sp³-hybridized carbons (Fsp3) is 1.00. The zero-order chi connectivity index (χ0) is 13.0. The molecule has 17 heavy (non-hydrogen) atoms. The Kier molecular flexibility index (Phi) is 5.94. The lowest BCUT2D eigenvalue weighted by molar-refractivity contribution is -0.0429. The molecular formula is C15H31NO. The van der Waals surface area contributed by atoms with E-state index in [1.807, 2.05) is 0 Å². The Morgan fingerprint density at radius 2 is 1.47 bits per heavy atom. The molecule has 1 fully saturated rings. The molecule has 102 valence electrons. The van der Waals surface area contributed by atoms with E-state index in [-0.39, 0.29) is 0 Å². The van der Waals surface area contributed by atoms with Crippen LogP contribution in [0.3, 0.4) is 0 Å². The summed E-state index contributed by atoms with van der Waals surface area (Å²) in [5.41, 5.74) is 0. The number of hydrogen-bond acceptors (Lipinski definition) is 2. The van der Waals surface area contributed by atoms with Gasteiger partial charge in [0.1, 0.15) is 0 Å². The predicted molar refractivity (Wildman–Crippen MR) is 74.2 cm³/mol. The summed E-state index contributed by atoms with van der Waals surface area (Å²) in [6, 6.07) is 0.647. The first kappa shape index (κ1) is 15.0. The molecule has 0 aromatic carbocycles. The maximum atomic E-state index is 5.78.